The molecule has 8 heteroatoms. The van der Waals surface area contributed by atoms with E-state index in [0.717, 1.165) is 33.0 Å². The number of guanidine groups is 1. The number of halogens is 3. The Kier molecular flexibility index (Phi) is 6.29. The molecular formula is C13H23F3N4O. The van der Waals surface area contributed by atoms with E-state index in [9.17, 15) is 18.0 Å². The lowest BCUT2D eigenvalue weighted by atomic mass is 10.0. The molecule has 1 aliphatic rings. The number of carbonyl (C=O) groups is 1. The minimum Gasteiger partial charge on any atom is -0.347 e. The highest BCUT2D eigenvalue weighted by molar-refractivity contribution is 5.86. The zero-order chi connectivity index (χ0) is 16.0. The number of hydrogen-bond acceptors (Lipinski definition) is 2. The predicted octanol–water partition coefficient (Wildman–Crippen LogP) is 1.31. The van der Waals surface area contributed by atoms with E-state index in [-0.39, 0.29) is 6.54 Å². The molecule has 0 bridgehead atoms. The molecule has 1 N–H and O–H groups in total. The van der Waals surface area contributed by atoms with Crippen LogP contribution in [0, 0.1) is 5.92 Å². The second-order valence-electron chi connectivity index (χ2n) is 5.46. The number of alkyl halides is 3. The van der Waals surface area contributed by atoms with Gasteiger partial charge in [0, 0.05) is 27.2 Å². The molecule has 5 nitrogen and oxygen atoms in total. The van der Waals surface area contributed by atoms with E-state index in [4.69, 9.17) is 0 Å². The standard InChI is InChI=1S/C13H23F3N4O/c1-10-5-4-6-20(8-10)12(17-2)18-7-11(21)19(3)9-13(14,15)16/h10H,4-9H2,1-3H3,(H,17,18). The van der Waals surface area contributed by atoms with Crippen LogP contribution in [0.4, 0.5) is 13.2 Å². The van der Waals surface area contributed by atoms with Gasteiger partial charge in [-0.05, 0) is 18.8 Å². The summed E-state index contributed by atoms with van der Waals surface area (Å²) in [7, 11) is 2.74. The van der Waals surface area contributed by atoms with Crippen molar-refractivity contribution in [3.8, 4) is 0 Å². The smallest absolute Gasteiger partial charge is 0.347 e. The summed E-state index contributed by atoms with van der Waals surface area (Å²) in [4.78, 5) is 18.5. The van der Waals surface area contributed by atoms with Crippen LogP contribution in [0.2, 0.25) is 0 Å². The van der Waals surface area contributed by atoms with Crippen LogP contribution in [-0.4, -0.2) is 68.1 Å². The Hall–Kier alpha value is -1.47. The molecule has 1 unspecified atom stereocenters. The summed E-state index contributed by atoms with van der Waals surface area (Å²) < 4.78 is 36.7. The maximum Gasteiger partial charge on any atom is 0.406 e. The first-order valence-electron chi connectivity index (χ1n) is 6.99. The fraction of sp³-hybridized carbons (Fsp3) is 0.846. The highest BCUT2D eigenvalue weighted by atomic mass is 19.4. The Morgan fingerprint density at radius 2 is 2.14 bits per heavy atom. The number of hydrogen-bond donors (Lipinski definition) is 1. The highest BCUT2D eigenvalue weighted by Crippen LogP contribution is 2.16. The molecule has 1 fully saturated rings. The van der Waals surface area contributed by atoms with Crippen molar-refractivity contribution in [2.75, 3.05) is 40.3 Å². The van der Waals surface area contributed by atoms with Gasteiger partial charge in [0.25, 0.3) is 0 Å². The summed E-state index contributed by atoms with van der Waals surface area (Å²) >= 11 is 0. The van der Waals surface area contributed by atoms with E-state index in [1.807, 2.05) is 4.90 Å². The van der Waals surface area contributed by atoms with E-state index >= 15 is 0 Å². The van der Waals surface area contributed by atoms with Crippen LogP contribution in [0.1, 0.15) is 19.8 Å². The van der Waals surface area contributed by atoms with Crippen molar-refractivity contribution in [2.24, 2.45) is 10.9 Å². The van der Waals surface area contributed by atoms with Gasteiger partial charge in [-0.2, -0.15) is 13.2 Å². The van der Waals surface area contributed by atoms with Gasteiger partial charge in [-0.25, -0.2) is 0 Å². The second kappa shape index (κ2) is 7.51. The number of piperidine rings is 1. The number of amides is 1. The van der Waals surface area contributed by atoms with Crippen molar-refractivity contribution in [3.05, 3.63) is 0 Å². The maximum atomic E-state index is 12.2. The molecule has 1 amide bonds. The predicted molar refractivity (Wildman–Crippen MR) is 75.0 cm³/mol. The Bertz CT molecular complexity index is 384. The maximum absolute atomic E-state index is 12.2. The Labute approximate surface area is 123 Å². The quantitative estimate of drug-likeness (QED) is 0.632. The van der Waals surface area contributed by atoms with Crippen molar-refractivity contribution in [3.63, 3.8) is 0 Å². The van der Waals surface area contributed by atoms with Crippen LogP contribution < -0.4 is 5.32 Å². The summed E-state index contributed by atoms with van der Waals surface area (Å²) in [6.07, 6.45) is -2.18. The number of nitrogens with one attached hydrogen (secondary N) is 1. The third-order valence-corrected chi connectivity index (χ3v) is 3.41. The highest BCUT2D eigenvalue weighted by Gasteiger charge is 2.31. The summed E-state index contributed by atoms with van der Waals surface area (Å²) in [5.41, 5.74) is 0. The van der Waals surface area contributed by atoms with Gasteiger partial charge in [-0.15, -0.1) is 0 Å². The third-order valence-electron chi connectivity index (χ3n) is 3.41. The first-order chi connectivity index (χ1) is 9.73. The van der Waals surface area contributed by atoms with Gasteiger partial charge >= 0.3 is 6.18 Å². The molecule has 0 aromatic carbocycles. The minimum atomic E-state index is -4.38. The van der Waals surface area contributed by atoms with Gasteiger partial charge in [0.15, 0.2) is 5.96 Å². The lowest BCUT2D eigenvalue weighted by Gasteiger charge is -2.33. The number of rotatable bonds is 3. The molecule has 0 aromatic rings. The topological polar surface area (TPSA) is 47.9 Å². The van der Waals surface area contributed by atoms with Crippen molar-refractivity contribution < 1.29 is 18.0 Å². The van der Waals surface area contributed by atoms with Gasteiger partial charge in [-0.3, -0.25) is 9.79 Å². The molecule has 0 saturated carbocycles. The molecule has 0 spiro atoms. The Morgan fingerprint density at radius 1 is 1.48 bits per heavy atom. The van der Waals surface area contributed by atoms with Gasteiger partial charge in [-0.1, -0.05) is 6.92 Å². The number of aliphatic imine (C=N–C) groups is 1. The van der Waals surface area contributed by atoms with E-state index in [2.05, 4.69) is 17.2 Å². The Morgan fingerprint density at radius 3 is 2.67 bits per heavy atom. The van der Waals surface area contributed by atoms with Crippen LogP contribution in [0.5, 0.6) is 0 Å². The molecule has 1 aliphatic heterocycles. The fourth-order valence-corrected chi connectivity index (χ4v) is 2.36. The lowest BCUT2D eigenvalue weighted by Crippen LogP contribution is -2.49. The van der Waals surface area contributed by atoms with Crippen LogP contribution in [0.15, 0.2) is 4.99 Å². The second-order valence-corrected chi connectivity index (χ2v) is 5.46. The molecule has 21 heavy (non-hydrogen) atoms. The van der Waals surface area contributed by atoms with Gasteiger partial charge in [0.05, 0.1) is 6.54 Å². The first-order valence-corrected chi connectivity index (χ1v) is 6.99. The van der Waals surface area contributed by atoms with Crippen molar-refractivity contribution in [1.29, 1.82) is 0 Å². The first kappa shape index (κ1) is 17.6. The number of nitrogens with zero attached hydrogens (tertiary/aromatic N) is 3. The summed E-state index contributed by atoms with van der Waals surface area (Å²) in [6, 6.07) is 0. The molecule has 0 radical (unpaired) electrons. The molecule has 1 heterocycles. The van der Waals surface area contributed by atoms with Gasteiger partial charge < -0.3 is 15.1 Å². The van der Waals surface area contributed by atoms with Crippen LogP contribution in [0.25, 0.3) is 0 Å². The monoisotopic (exact) mass is 308 g/mol. The van der Waals surface area contributed by atoms with Crippen LogP contribution in [0.3, 0.4) is 0 Å². The normalized spacial score (nSPS) is 20.4. The summed E-state index contributed by atoms with van der Waals surface area (Å²) in [5.74, 6) is 0.495. The van der Waals surface area contributed by atoms with Crippen molar-refractivity contribution >= 4 is 11.9 Å². The number of likely N-dealkylation sites (tertiary alicyclic amines) is 1. The van der Waals surface area contributed by atoms with E-state index in [1.165, 1.54) is 0 Å². The van der Waals surface area contributed by atoms with Crippen molar-refractivity contribution in [2.45, 2.75) is 25.9 Å². The zero-order valence-electron chi connectivity index (χ0n) is 12.7. The average Bonchev–Trinajstić information content (AvgIpc) is 2.37. The third kappa shape index (κ3) is 6.22. The molecule has 122 valence electrons. The van der Waals surface area contributed by atoms with E-state index in [1.54, 1.807) is 7.05 Å². The SMILES string of the molecule is CN=C(NCC(=O)N(C)CC(F)(F)F)N1CCCC(C)C1. The van der Waals surface area contributed by atoms with Gasteiger partial charge in [0.2, 0.25) is 5.91 Å². The van der Waals surface area contributed by atoms with E-state index < -0.39 is 18.6 Å². The van der Waals surface area contributed by atoms with E-state index in [0.29, 0.717) is 16.8 Å². The van der Waals surface area contributed by atoms with Crippen molar-refractivity contribution in [1.82, 2.24) is 15.1 Å². The molecular weight excluding hydrogens is 285 g/mol. The molecule has 1 atom stereocenters. The van der Waals surface area contributed by atoms with Gasteiger partial charge in [0.1, 0.15) is 6.54 Å². The number of likely N-dealkylation sites (N-methyl/N-ethyl adjacent to an activating group) is 1. The Balaban J connectivity index is 2.46. The fourth-order valence-electron chi connectivity index (χ4n) is 2.36. The van der Waals surface area contributed by atoms with Crippen LogP contribution in [-0.2, 0) is 4.79 Å². The van der Waals surface area contributed by atoms with Crippen LogP contribution >= 0.6 is 0 Å². The summed E-state index contributed by atoms with van der Waals surface area (Å²) in [6.45, 7) is 2.39. The molecule has 0 aliphatic carbocycles. The number of carbonyl (C=O) groups excluding carboxylic acids is 1. The average molecular weight is 308 g/mol. The molecule has 1 saturated heterocycles. The molecule has 1 rings (SSSR count). The zero-order valence-corrected chi connectivity index (χ0v) is 12.7. The lowest BCUT2D eigenvalue weighted by molar-refractivity contribution is -0.157. The minimum absolute atomic E-state index is 0.190. The molecule has 0 aromatic heterocycles. The summed E-state index contributed by atoms with van der Waals surface area (Å²) in [5, 5.41) is 2.84. The largest absolute Gasteiger partial charge is 0.406 e.